The van der Waals surface area contributed by atoms with Crippen LogP contribution >= 0.6 is 12.6 Å². The van der Waals surface area contributed by atoms with Gasteiger partial charge in [-0.2, -0.15) is 12.6 Å². The Morgan fingerprint density at radius 3 is 2.83 bits per heavy atom. The minimum atomic E-state index is -1.08. The lowest BCUT2D eigenvalue weighted by molar-refractivity contribution is -0.149. The van der Waals surface area contributed by atoms with Crippen LogP contribution in [0.5, 0.6) is 0 Å². The maximum atomic E-state index is 11.8. The average molecular weight is 272 g/mol. The van der Waals surface area contributed by atoms with Crippen molar-refractivity contribution < 1.29 is 14.7 Å². The van der Waals surface area contributed by atoms with Gasteiger partial charge in [-0.15, -0.1) is 0 Å². The molecule has 0 radical (unpaired) electrons. The number of thiol groups is 1. The molecule has 1 aliphatic rings. The summed E-state index contributed by atoms with van der Waals surface area (Å²) in [6, 6.07) is -0.982. The molecule has 0 aliphatic carbocycles. The summed E-state index contributed by atoms with van der Waals surface area (Å²) in [7, 11) is 0. The van der Waals surface area contributed by atoms with Crippen molar-refractivity contribution in [1.29, 1.82) is 0 Å². The molecule has 1 unspecified atom stereocenters. The van der Waals surface area contributed by atoms with Gasteiger partial charge in [0.15, 0.2) is 0 Å². The van der Waals surface area contributed by atoms with Gasteiger partial charge in [0.25, 0.3) is 0 Å². The largest absolute Gasteiger partial charge is 0.480 e. The fraction of sp³-hybridized carbons (Fsp3) is 0.800. The highest BCUT2D eigenvalue weighted by Gasteiger charge is 2.43. The zero-order chi connectivity index (χ0) is 13.9. The van der Waals surface area contributed by atoms with E-state index in [2.05, 4.69) is 22.7 Å². The van der Waals surface area contributed by atoms with Crippen molar-refractivity contribution in [3.05, 3.63) is 10.4 Å². The monoisotopic (exact) mass is 272 g/mol. The van der Waals surface area contributed by atoms with Gasteiger partial charge in [-0.3, -0.25) is 4.79 Å². The zero-order valence-electron chi connectivity index (χ0n) is 10.3. The second-order valence-corrected chi connectivity index (χ2v) is 6.08. The van der Waals surface area contributed by atoms with Crippen LogP contribution < -0.4 is 0 Å². The number of carbonyl (C=O) groups excluding carboxylic acids is 1. The SMILES string of the molecule is CC(C)(S)[C@@H](C(=O)O)N1CC(CN=[N+]=[N-])CC1=O. The molecule has 1 N–H and O–H groups in total. The number of hydrogen-bond donors (Lipinski definition) is 2. The number of carboxylic acid groups (broad SMARTS) is 1. The summed E-state index contributed by atoms with van der Waals surface area (Å²) in [5.41, 5.74) is 8.24. The van der Waals surface area contributed by atoms with Crippen molar-refractivity contribution in [2.75, 3.05) is 13.1 Å². The maximum absolute atomic E-state index is 11.8. The predicted octanol–water partition coefficient (Wildman–Crippen LogP) is 1.31. The molecular formula is C10H16N4O3S. The lowest BCUT2D eigenvalue weighted by atomic mass is 10.0. The molecule has 1 amide bonds. The molecule has 100 valence electrons. The second-order valence-electron chi connectivity index (χ2n) is 4.92. The van der Waals surface area contributed by atoms with Crippen molar-refractivity contribution in [3.63, 3.8) is 0 Å². The molecule has 1 saturated heterocycles. The Balaban J connectivity index is 2.85. The molecule has 1 heterocycles. The van der Waals surface area contributed by atoms with E-state index in [1.807, 2.05) is 0 Å². The first-order valence-corrected chi connectivity index (χ1v) is 5.97. The molecule has 1 aliphatic heterocycles. The number of azide groups is 1. The average Bonchev–Trinajstić information content (AvgIpc) is 2.54. The van der Waals surface area contributed by atoms with Gasteiger partial charge in [-0.1, -0.05) is 5.11 Å². The Morgan fingerprint density at radius 1 is 1.78 bits per heavy atom. The number of nitrogens with zero attached hydrogens (tertiary/aromatic N) is 4. The molecule has 1 rings (SSSR count). The van der Waals surface area contributed by atoms with Crippen LogP contribution in [0.15, 0.2) is 5.11 Å². The van der Waals surface area contributed by atoms with E-state index in [1.54, 1.807) is 13.8 Å². The lowest BCUT2D eigenvalue weighted by Crippen LogP contribution is -2.52. The fourth-order valence-electron chi connectivity index (χ4n) is 2.15. The van der Waals surface area contributed by atoms with Gasteiger partial charge in [-0.05, 0) is 25.3 Å². The molecule has 0 aromatic rings. The van der Waals surface area contributed by atoms with Gasteiger partial charge in [0, 0.05) is 29.2 Å². The Kier molecular flexibility index (Phi) is 4.48. The summed E-state index contributed by atoms with van der Waals surface area (Å²) >= 11 is 4.25. The van der Waals surface area contributed by atoms with Crippen molar-refractivity contribution >= 4 is 24.5 Å². The third-order valence-corrected chi connectivity index (χ3v) is 3.10. The van der Waals surface area contributed by atoms with Crippen molar-refractivity contribution in [3.8, 4) is 0 Å². The van der Waals surface area contributed by atoms with E-state index in [0.29, 0.717) is 6.54 Å². The quantitative estimate of drug-likeness (QED) is 0.341. The lowest BCUT2D eigenvalue weighted by Gasteiger charge is -2.34. The van der Waals surface area contributed by atoms with Gasteiger partial charge in [0.05, 0.1) is 0 Å². The van der Waals surface area contributed by atoms with E-state index in [1.165, 1.54) is 4.90 Å². The van der Waals surface area contributed by atoms with Gasteiger partial charge in [0.2, 0.25) is 5.91 Å². The van der Waals surface area contributed by atoms with E-state index >= 15 is 0 Å². The molecule has 0 bridgehead atoms. The number of aliphatic carboxylic acids is 1. The summed E-state index contributed by atoms with van der Waals surface area (Å²) in [5.74, 6) is -1.43. The van der Waals surface area contributed by atoms with Crippen LogP contribution in [-0.2, 0) is 9.59 Å². The maximum Gasteiger partial charge on any atom is 0.327 e. The smallest absolute Gasteiger partial charge is 0.327 e. The fourth-order valence-corrected chi connectivity index (χ4v) is 2.40. The molecule has 0 saturated carbocycles. The highest BCUT2D eigenvalue weighted by atomic mass is 32.1. The second kappa shape index (κ2) is 5.49. The van der Waals surface area contributed by atoms with Gasteiger partial charge in [0.1, 0.15) is 6.04 Å². The number of hydrogen-bond acceptors (Lipinski definition) is 4. The number of amides is 1. The number of rotatable bonds is 5. The summed E-state index contributed by atoms with van der Waals surface area (Å²) < 4.78 is -0.838. The summed E-state index contributed by atoms with van der Waals surface area (Å²) in [6.07, 6.45) is 0.215. The Morgan fingerprint density at radius 2 is 2.39 bits per heavy atom. The van der Waals surface area contributed by atoms with Crippen LogP contribution in [0, 0.1) is 5.92 Å². The Bertz CT molecular complexity index is 400. The first kappa shape index (κ1) is 14.7. The first-order chi connectivity index (χ1) is 8.27. The van der Waals surface area contributed by atoms with Crippen molar-refractivity contribution in [2.24, 2.45) is 11.0 Å². The predicted molar refractivity (Wildman–Crippen MR) is 68.3 cm³/mol. The molecule has 0 spiro atoms. The standard InChI is InChI=1S/C10H16N4O3S/c1-10(2,18)8(9(16)17)14-5-6(3-7(14)15)4-12-13-11/h6,8,18H,3-5H2,1-2H3,(H,16,17)/t6?,8-/m1/s1. The summed E-state index contributed by atoms with van der Waals surface area (Å²) in [6.45, 7) is 3.81. The first-order valence-electron chi connectivity index (χ1n) is 5.53. The highest BCUT2D eigenvalue weighted by Crippen LogP contribution is 2.29. The van der Waals surface area contributed by atoms with Crippen LogP contribution in [0.4, 0.5) is 0 Å². The van der Waals surface area contributed by atoms with Crippen LogP contribution in [0.3, 0.4) is 0 Å². The van der Waals surface area contributed by atoms with E-state index in [4.69, 9.17) is 5.53 Å². The molecule has 1 fully saturated rings. The van der Waals surface area contributed by atoms with E-state index in [0.717, 1.165) is 0 Å². The van der Waals surface area contributed by atoms with E-state index in [-0.39, 0.29) is 24.8 Å². The zero-order valence-corrected chi connectivity index (χ0v) is 11.2. The van der Waals surface area contributed by atoms with Gasteiger partial charge < -0.3 is 10.0 Å². The van der Waals surface area contributed by atoms with Crippen molar-refractivity contribution in [1.82, 2.24) is 4.90 Å². The minimum absolute atomic E-state index is 0.120. The molecule has 7 nitrogen and oxygen atoms in total. The Labute approximate surface area is 110 Å². The summed E-state index contributed by atoms with van der Waals surface area (Å²) in [4.78, 5) is 27.1. The molecule has 0 aromatic heterocycles. The third-order valence-electron chi connectivity index (χ3n) is 2.86. The van der Waals surface area contributed by atoms with Crippen LogP contribution in [0.2, 0.25) is 0 Å². The van der Waals surface area contributed by atoms with E-state index in [9.17, 15) is 14.7 Å². The molecule has 8 heteroatoms. The summed E-state index contributed by atoms with van der Waals surface area (Å²) in [5, 5.41) is 12.6. The third kappa shape index (κ3) is 3.30. The normalized spacial score (nSPS) is 21.6. The Hall–Kier alpha value is -1.40. The molecular weight excluding hydrogens is 256 g/mol. The van der Waals surface area contributed by atoms with Crippen LogP contribution in [0.25, 0.3) is 10.4 Å². The van der Waals surface area contributed by atoms with E-state index < -0.39 is 16.8 Å². The van der Waals surface area contributed by atoms with Crippen LogP contribution in [0.1, 0.15) is 20.3 Å². The van der Waals surface area contributed by atoms with Crippen molar-refractivity contribution in [2.45, 2.75) is 31.1 Å². The molecule has 18 heavy (non-hydrogen) atoms. The number of carboxylic acids is 1. The van der Waals surface area contributed by atoms with Crippen LogP contribution in [-0.4, -0.2) is 45.8 Å². The highest BCUT2D eigenvalue weighted by molar-refractivity contribution is 7.81. The van der Waals surface area contributed by atoms with Gasteiger partial charge >= 0.3 is 5.97 Å². The van der Waals surface area contributed by atoms with Gasteiger partial charge in [-0.25, -0.2) is 4.79 Å². The topological polar surface area (TPSA) is 106 Å². The molecule has 2 atom stereocenters. The number of carbonyl (C=O) groups is 2. The minimum Gasteiger partial charge on any atom is -0.480 e. The molecule has 0 aromatic carbocycles. The number of likely N-dealkylation sites (tertiary alicyclic amines) is 1.